The predicted molar refractivity (Wildman–Crippen MR) is 58.9 cm³/mol. The molecule has 0 aliphatic heterocycles. The van der Waals surface area contributed by atoms with Gasteiger partial charge in [-0.3, -0.25) is 0 Å². The van der Waals surface area contributed by atoms with Gasteiger partial charge in [-0.05, 0) is 0 Å². The molecule has 6 nitrogen and oxygen atoms in total. The largest absolute Gasteiger partial charge is 0.618 e. The lowest BCUT2D eigenvalue weighted by Crippen LogP contribution is -2.29. The van der Waals surface area contributed by atoms with E-state index < -0.39 is 0 Å². The monoisotopic (exact) mass is 225 g/mol. The summed E-state index contributed by atoms with van der Waals surface area (Å²) in [6.45, 7) is 1.70. The van der Waals surface area contributed by atoms with Gasteiger partial charge >= 0.3 is 0 Å². The molecule has 3 rings (SSSR count). The van der Waals surface area contributed by atoms with Crippen molar-refractivity contribution in [1.82, 2.24) is 14.6 Å². The van der Waals surface area contributed by atoms with Crippen molar-refractivity contribution in [3.63, 3.8) is 0 Å². The van der Waals surface area contributed by atoms with Crippen molar-refractivity contribution in [2.24, 2.45) is 0 Å². The summed E-state index contributed by atoms with van der Waals surface area (Å²) in [6, 6.07) is 3.69. The second-order valence-corrected chi connectivity index (χ2v) is 3.71. The number of aryl methyl sites for hydroxylation is 1. The molecule has 0 bridgehead atoms. The zero-order chi connectivity index (χ0) is 12.0. The maximum atomic E-state index is 11.5. The number of hydrogen-bond donors (Lipinski definition) is 0. The lowest BCUT2D eigenvalue weighted by Gasteiger charge is -2.03. The number of rotatable bonds is 0. The smallest absolute Gasteiger partial charge is 0.216 e. The van der Waals surface area contributed by atoms with Gasteiger partial charge in [0.15, 0.2) is 11.8 Å². The van der Waals surface area contributed by atoms with Crippen LogP contribution in [0.3, 0.4) is 0 Å². The van der Waals surface area contributed by atoms with E-state index in [2.05, 4.69) is 10.1 Å². The van der Waals surface area contributed by atoms with Crippen molar-refractivity contribution < 1.29 is 4.73 Å². The molecule has 0 saturated carbocycles. The van der Waals surface area contributed by atoms with E-state index in [9.17, 15) is 5.21 Å². The second kappa shape index (κ2) is 3.15. The summed E-state index contributed by atoms with van der Waals surface area (Å²) < 4.78 is 2.30. The van der Waals surface area contributed by atoms with Crippen LogP contribution in [-0.2, 0) is 0 Å². The number of fused-ring (bicyclic) bond motifs is 2. The third kappa shape index (κ3) is 1.23. The van der Waals surface area contributed by atoms with Crippen LogP contribution < -0.4 is 4.73 Å². The molecule has 0 fully saturated rings. The molecule has 6 heteroatoms. The first kappa shape index (κ1) is 9.54. The van der Waals surface area contributed by atoms with Gasteiger partial charge in [-0.2, -0.15) is 15.1 Å². The van der Waals surface area contributed by atoms with Gasteiger partial charge in [0.2, 0.25) is 5.69 Å². The Morgan fingerprint density at radius 1 is 1.53 bits per heavy atom. The normalized spacial score (nSPS) is 10.8. The predicted octanol–water partition coefficient (Wildman–Crippen LogP) is 0.696. The molecule has 0 unspecified atom stereocenters. The molecular weight excluding hydrogens is 218 g/mol. The fraction of sp³-hybridized carbons (Fsp3) is 0.0909. The third-order valence-electron chi connectivity index (χ3n) is 2.70. The average Bonchev–Trinajstić information content (AvgIpc) is 2.74. The minimum Gasteiger partial charge on any atom is -0.618 e. The van der Waals surface area contributed by atoms with Gasteiger partial charge in [0.1, 0.15) is 17.1 Å². The van der Waals surface area contributed by atoms with E-state index in [4.69, 9.17) is 5.26 Å². The average molecular weight is 225 g/mol. The van der Waals surface area contributed by atoms with Gasteiger partial charge in [-0.25, -0.2) is 9.50 Å². The second-order valence-electron chi connectivity index (χ2n) is 3.71. The quantitative estimate of drug-likeness (QED) is 0.416. The molecule has 0 aliphatic rings. The molecule has 0 atom stereocenters. The van der Waals surface area contributed by atoms with Crippen molar-refractivity contribution >= 4 is 16.6 Å². The van der Waals surface area contributed by atoms with Crippen LogP contribution in [0.2, 0.25) is 0 Å². The molecule has 17 heavy (non-hydrogen) atoms. The number of nitrogens with zero attached hydrogens (tertiary/aromatic N) is 5. The summed E-state index contributed by atoms with van der Waals surface area (Å²) in [5.41, 5.74) is 1.96. The van der Waals surface area contributed by atoms with Gasteiger partial charge in [0, 0.05) is 24.6 Å². The summed E-state index contributed by atoms with van der Waals surface area (Å²) in [4.78, 5) is 4.33. The molecule has 0 N–H and O–H groups in total. The molecule has 82 valence electrons. The lowest BCUT2D eigenvalue weighted by atomic mass is 10.2. The van der Waals surface area contributed by atoms with E-state index in [0.29, 0.717) is 22.4 Å². The molecular formula is C11H7N5O. The van der Waals surface area contributed by atoms with Crippen LogP contribution in [0, 0.1) is 23.5 Å². The van der Waals surface area contributed by atoms with Crippen LogP contribution in [0.5, 0.6) is 0 Å². The Bertz CT molecular complexity index is 784. The molecule has 0 saturated heterocycles. The number of nitriles is 1. The molecule has 3 heterocycles. The molecule has 0 aromatic carbocycles. The van der Waals surface area contributed by atoms with Crippen molar-refractivity contribution in [3.8, 4) is 6.07 Å². The summed E-state index contributed by atoms with van der Waals surface area (Å²) >= 11 is 0. The third-order valence-corrected chi connectivity index (χ3v) is 2.70. The van der Waals surface area contributed by atoms with Gasteiger partial charge in [0.25, 0.3) is 0 Å². The fourth-order valence-corrected chi connectivity index (χ4v) is 1.78. The van der Waals surface area contributed by atoms with E-state index in [1.165, 1.54) is 16.9 Å². The van der Waals surface area contributed by atoms with E-state index in [0.717, 1.165) is 10.1 Å². The molecule has 0 spiro atoms. The highest BCUT2D eigenvalue weighted by molar-refractivity contribution is 5.81. The molecule has 0 radical (unpaired) electrons. The molecule has 0 aliphatic carbocycles. The standard InChI is InChI=1S/C11H7N5O/c1-7-10-8(2-3-16(7)17)6-15-11(14-10)9(4-12)5-13-15/h2-3,5-6H,1H3. The maximum absolute atomic E-state index is 11.5. The van der Waals surface area contributed by atoms with Crippen LogP contribution in [0.15, 0.2) is 24.7 Å². The fourth-order valence-electron chi connectivity index (χ4n) is 1.78. The Morgan fingerprint density at radius 3 is 3.12 bits per heavy atom. The highest BCUT2D eigenvalue weighted by Crippen LogP contribution is 2.16. The zero-order valence-electron chi connectivity index (χ0n) is 8.95. The SMILES string of the molecule is Cc1c2nc3c(C#N)cnn3cc2cc[n+]1[O-]. The number of aromatic nitrogens is 4. The highest BCUT2D eigenvalue weighted by atomic mass is 16.5. The van der Waals surface area contributed by atoms with E-state index >= 15 is 0 Å². The first-order valence-electron chi connectivity index (χ1n) is 4.97. The summed E-state index contributed by atoms with van der Waals surface area (Å²) in [6.07, 6.45) is 4.65. The van der Waals surface area contributed by atoms with E-state index in [1.54, 1.807) is 19.2 Å². The first-order valence-corrected chi connectivity index (χ1v) is 4.97. The van der Waals surface area contributed by atoms with Crippen molar-refractivity contribution in [3.05, 3.63) is 41.1 Å². The van der Waals surface area contributed by atoms with Crippen LogP contribution in [-0.4, -0.2) is 14.6 Å². The van der Waals surface area contributed by atoms with E-state index in [-0.39, 0.29) is 0 Å². The Morgan fingerprint density at radius 2 is 2.35 bits per heavy atom. The van der Waals surface area contributed by atoms with Crippen molar-refractivity contribution in [2.75, 3.05) is 0 Å². The summed E-state index contributed by atoms with van der Waals surface area (Å²) in [5.74, 6) is 0. The maximum Gasteiger partial charge on any atom is 0.216 e. The number of hydrogen-bond acceptors (Lipinski definition) is 4. The van der Waals surface area contributed by atoms with Crippen molar-refractivity contribution in [1.29, 1.82) is 5.26 Å². The van der Waals surface area contributed by atoms with Gasteiger partial charge < -0.3 is 5.21 Å². The molecule has 0 amide bonds. The summed E-state index contributed by atoms with van der Waals surface area (Å²) in [7, 11) is 0. The molecule has 3 aromatic heterocycles. The Labute approximate surface area is 95.9 Å². The molecule has 3 aromatic rings. The minimum absolute atomic E-state index is 0.396. The van der Waals surface area contributed by atoms with Crippen LogP contribution in [0.25, 0.3) is 16.6 Å². The Kier molecular flexibility index (Phi) is 1.77. The van der Waals surface area contributed by atoms with Gasteiger partial charge in [-0.15, -0.1) is 0 Å². The van der Waals surface area contributed by atoms with Crippen LogP contribution in [0.1, 0.15) is 11.3 Å². The van der Waals surface area contributed by atoms with Gasteiger partial charge in [0.05, 0.1) is 6.20 Å². The summed E-state index contributed by atoms with van der Waals surface area (Å²) in [5, 5.41) is 25.2. The Hall–Kier alpha value is -2.68. The van der Waals surface area contributed by atoms with Crippen LogP contribution >= 0.6 is 0 Å². The minimum atomic E-state index is 0.396. The highest BCUT2D eigenvalue weighted by Gasteiger charge is 2.12. The Balaban J connectivity index is 2.52. The lowest BCUT2D eigenvalue weighted by molar-refractivity contribution is -0.610. The van der Waals surface area contributed by atoms with Gasteiger partial charge in [-0.1, -0.05) is 0 Å². The number of pyridine rings is 1. The van der Waals surface area contributed by atoms with Crippen molar-refractivity contribution in [2.45, 2.75) is 6.92 Å². The zero-order valence-corrected chi connectivity index (χ0v) is 8.95. The van der Waals surface area contributed by atoms with E-state index in [1.807, 2.05) is 6.07 Å². The first-order chi connectivity index (χ1) is 8.20. The van der Waals surface area contributed by atoms with Crippen LogP contribution in [0.4, 0.5) is 0 Å². The topological polar surface area (TPSA) is 80.9 Å².